The molecule has 20 heavy (non-hydrogen) atoms. The van der Waals surface area contributed by atoms with Gasteiger partial charge in [0.25, 0.3) is 0 Å². The number of hydrogen-bond acceptors (Lipinski definition) is 5. The smallest absolute Gasteiger partial charge is 0.308 e. The van der Waals surface area contributed by atoms with E-state index < -0.39 is 11.9 Å². The monoisotopic (exact) mass is 342 g/mol. The maximum absolute atomic E-state index is 11.3. The number of rotatable bonds is 6. The molecule has 2 aromatic rings. The summed E-state index contributed by atoms with van der Waals surface area (Å²) in [4.78, 5) is 11.3. The number of carbonyl (C=O) groups is 1. The molecule has 0 fully saturated rings. The number of hydrogen-bond donors (Lipinski definition) is 1. The predicted molar refractivity (Wildman–Crippen MR) is 73.8 cm³/mol. The molecular formula is C12H15BrN4O3. The van der Waals surface area contributed by atoms with E-state index in [-0.39, 0.29) is 12.5 Å². The van der Waals surface area contributed by atoms with Gasteiger partial charge in [-0.25, -0.2) is 4.68 Å². The summed E-state index contributed by atoms with van der Waals surface area (Å²) < 4.78 is 7.17. The van der Waals surface area contributed by atoms with E-state index in [4.69, 9.17) is 4.42 Å². The molecule has 7 nitrogen and oxygen atoms in total. The summed E-state index contributed by atoms with van der Waals surface area (Å²) in [6.07, 6.45) is 2.09. The maximum Gasteiger partial charge on any atom is 0.308 e. The number of carboxylic acid groups (broad SMARTS) is 1. The highest BCUT2D eigenvalue weighted by Crippen LogP contribution is 2.27. The number of aliphatic carboxylic acids is 1. The molecular weight excluding hydrogens is 328 g/mol. The van der Waals surface area contributed by atoms with Crippen LogP contribution in [-0.4, -0.2) is 31.3 Å². The van der Waals surface area contributed by atoms with Crippen molar-refractivity contribution in [3.05, 3.63) is 17.0 Å². The summed E-state index contributed by atoms with van der Waals surface area (Å²) in [7, 11) is 0. The Morgan fingerprint density at radius 1 is 1.55 bits per heavy atom. The van der Waals surface area contributed by atoms with Crippen molar-refractivity contribution >= 4 is 21.9 Å². The third-order valence-corrected chi connectivity index (χ3v) is 3.50. The Morgan fingerprint density at radius 3 is 2.85 bits per heavy atom. The fourth-order valence-corrected chi connectivity index (χ4v) is 2.42. The molecule has 0 spiro atoms. The molecule has 0 bridgehead atoms. The fraction of sp³-hybridized carbons (Fsp3) is 0.500. The minimum atomic E-state index is -0.841. The Labute approximate surface area is 124 Å². The minimum absolute atomic E-state index is 0.230. The largest absolute Gasteiger partial charge is 0.481 e. The maximum atomic E-state index is 11.3. The van der Waals surface area contributed by atoms with Crippen LogP contribution >= 0.6 is 15.9 Å². The van der Waals surface area contributed by atoms with Gasteiger partial charge < -0.3 is 9.52 Å². The molecule has 108 valence electrons. The molecule has 0 aliphatic heterocycles. The molecule has 1 unspecified atom stereocenters. The number of aromatic nitrogens is 4. The second-order valence-electron chi connectivity index (χ2n) is 4.96. The van der Waals surface area contributed by atoms with Crippen LogP contribution in [-0.2, 0) is 11.3 Å². The van der Waals surface area contributed by atoms with E-state index in [1.54, 1.807) is 6.07 Å². The van der Waals surface area contributed by atoms with Crippen LogP contribution in [0.1, 0.15) is 20.3 Å². The lowest BCUT2D eigenvalue weighted by Gasteiger charge is -2.14. The molecule has 0 radical (unpaired) electrons. The fourth-order valence-electron chi connectivity index (χ4n) is 2.00. The van der Waals surface area contributed by atoms with E-state index in [9.17, 15) is 9.90 Å². The van der Waals surface area contributed by atoms with Gasteiger partial charge in [0.05, 0.1) is 24.3 Å². The van der Waals surface area contributed by atoms with Gasteiger partial charge in [-0.2, -0.15) is 0 Å². The second-order valence-corrected chi connectivity index (χ2v) is 5.68. The molecule has 1 N–H and O–H groups in total. The van der Waals surface area contributed by atoms with Crippen molar-refractivity contribution in [3.8, 4) is 11.4 Å². The van der Waals surface area contributed by atoms with Crippen molar-refractivity contribution in [2.45, 2.75) is 26.8 Å². The average Bonchev–Trinajstić information content (AvgIpc) is 2.96. The van der Waals surface area contributed by atoms with Crippen LogP contribution in [0.3, 0.4) is 0 Å². The summed E-state index contributed by atoms with van der Waals surface area (Å²) in [5, 5.41) is 20.7. The van der Waals surface area contributed by atoms with E-state index in [0.717, 1.165) is 0 Å². The van der Waals surface area contributed by atoms with Gasteiger partial charge in [-0.3, -0.25) is 4.79 Å². The van der Waals surface area contributed by atoms with Gasteiger partial charge in [-0.1, -0.05) is 13.8 Å². The third kappa shape index (κ3) is 3.24. The first-order valence-electron chi connectivity index (χ1n) is 6.21. The first-order chi connectivity index (χ1) is 9.49. The van der Waals surface area contributed by atoms with E-state index in [0.29, 0.717) is 22.5 Å². The van der Waals surface area contributed by atoms with Gasteiger partial charge in [0, 0.05) is 0 Å². The second kappa shape index (κ2) is 6.17. The molecule has 0 aliphatic rings. The molecule has 0 amide bonds. The van der Waals surface area contributed by atoms with Gasteiger partial charge in [0.2, 0.25) is 0 Å². The van der Waals surface area contributed by atoms with E-state index >= 15 is 0 Å². The Bertz CT molecular complexity index is 593. The first kappa shape index (κ1) is 14.7. The summed E-state index contributed by atoms with van der Waals surface area (Å²) >= 11 is 3.27. The first-order valence-corrected chi connectivity index (χ1v) is 7.00. The van der Waals surface area contributed by atoms with Gasteiger partial charge in [-0.05, 0) is 44.8 Å². The molecule has 2 aromatic heterocycles. The van der Waals surface area contributed by atoms with Crippen molar-refractivity contribution in [2.24, 2.45) is 11.8 Å². The Hall–Kier alpha value is -1.70. The van der Waals surface area contributed by atoms with E-state index in [1.807, 2.05) is 13.8 Å². The molecule has 0 saturated carbocycles. The normalized spacial score (nSPS) is 12.8. The van der Waals surface area contributed by atoms with Gasteiger partial charge >= 0.3 is 5.97 Å². The van der Waals surface area contributed by atoms with Crippen LogP contribution in [0.2, 0.25) is 0 Å². The number of tetrazole rings is 1. The summed E-state index contributed by atoms with van der Waals surface area (Å²) in [6, 6.07) is 1.73. The third-order valence-electron chi connectivity index (χ3n) is 2.89. The minimum Gasteiger partial charge on any atom is -0.481 e. The predicted octanol–water partition coefficient (Wildman–Crippen LogP) is 2.44. The SMILES string of the molecule is CC(C)CC(Cn1nnnc1-c1ccoc1Br)C(=O)O. The van der Waals surface area contributed by atoms with Crippen molar-refractivity contribution in [3.63, 3.8) is 0 Å². The number of halogens is 1. The number of nitrogens with zero attached hydrogens (tertiary/aromatic N) is 4. The topological polar surface area (TPSA) is 94.0 Å². The molecule has 8 heteroatoms. The lowest BCUT2D eigenvalue weighted by Crippen LogP contribution is -2.23. The Morgan fingerprint density at radius 2 is 2.30 bits per heavy atom. The molecule has 0 aromatic carbocycles. The van der Waals surface area contributed by atoms with Gasteiger partial charge in [0.15, 0.2) is 10.5 Å². The lowest BCUT2D eigenvalue weighted by atomic mass is 9.97. The Balaban J connectivity index is 2.24. The van der Waals surface area contributed by atoms with Crippen LogP contribution in [0.5, 0.6) is 0 Å². The molecule has 2 rings (SSSR count). The highest BCUT2D eigenvalue weighted by Gasteiger charge is 2.23. The lowest BCUT2D eigenvalue weighted by molar-refractivity contribution is -0.142. The van der Waals surface area contributed by atoms with Crippen molar-refractivity contribution in [2.75, 3.05) is 0 Å². The molecule has 2 heterocycles. The average molecular weight is 343 g/mol. The highest BCUT2D eigenvalue weighted by atomic mass is 79.9. The van der Waals surface area contributed by atoms with Crippen LogP contribution in [0.25, 0.3) is 11.4 Å². The molecule has 0 saturated heterocycles. The zero-order valence-electron chi connectivity index (χ0n) is 11.2. The standard InChI is InChI=1S/C12H15BrN4O3/c1-7(2)5-8(12(18)19)6-17-11(14-15-16-17)9-3-4-20-10(9)13/h3-4,7-8H,5-6H2,1-2H3,(H,18,19). The zero-order chi connectivity index (χ0) is 14.7. The van der Waals surface area contributed by atoms with Crippen LogP contribution in [0, 0.1) is 11.8 Å². The van der Waals surface area contributed by atoms with Crippen LogP contribution < -0.4 is 0 Å². The van der Waals surface area contributed by atoms with Crippen LogP contribution in [0.4, 0.5) is 0 Å². The zero-order valence-corrected chi connectivity index (χ0v) is 12.7. The van der Waals surface area contributed by atoms with E-state index in [1.165, 1.54) is 10.9 Å². The van der Waals surface area contributed by atoms with Gasteiger partial charge in [-0.15, -0.1) is 5.10 Å². The van der Waals surface area contributed by atoms with Crippen LogP contribution in [0.15, 0.2) is 21.4 Å². The quantitative estimate of drug-likeness (QED) is 0.866. The number of carboxylic acids is 1. The van der Waals surface area contributed by atoms with Gasteiger partial charge in [0.1, 0.15) is 0 Å². The van der Waals surface area contributed by atoms with Crippen molar-refractivity contribution < 1.29 is 14.3 Å². The molecule has 1 atom stereocenters. The Kier molecular flexibility index (Phi) is 4.53. The summed E-state index contributed by atoms with van der Waals surface area (Å²) in [6.45, 7) is 4.21. The summed E-state index contributed by atoms with van der Waals surface area (Å²) in [5.74, 6) is -0.591. The molecule has 0 aliphatic carbocycles. The highest BCUT2D eigenvalue weighted by molar-refractivity contribution is 9.10. The summed E-state index contributed by atoms with van der Waals surface area (Å²) in [5.41, 5.74) is 0.698. The van der Waals surface area contributed by atoms with Crippen molar-refractivity contribution in [1.29, 1.82) is 0 Å². The number of furan rings is 1. The van der Waals surface area contributed by atoms with Crippen molar-refractivity contribution in [1.82, 2.24) is 20.2 Å². The van der Waals surface area contributed by atoms with E-state index in [2.05, 4.69) is 31.5 Å².